The SMILES string of the molecule is COc1cccc(/C=C/C(=O)Nc2nc3c(C)cc(C)cc3s2)c1. The Morgan fingerprint density at radius 2 is 2.08 bits per heavy atom. The van der Waals surface area contributed by atoms with E-state index in [0.717, 1.165) is 27.1 Å². The number of nitrogens with zero attached hydrogens (tertiary/aromatic N) is 1. The van der Waals surface area contributed by atoms with Gasteiger partial charge in [0.25, 0.3) is 0 Å². The maximum absolute atomic E-state index is 12.1. The number of hydrogen-bond acceptors (Lipinski definition) is 4. The number of anilines is 1. The van der Waals surface area contributed by atoms with Crippen molar-refractivity contribution >= 4 is 38.7 Å². The summed E-state index contributed by atoms with van der Waals surface area (Å²) in [5, 5.41) is 3.44. The Hall–Kier alpha value is -2.66. The zero-order valence-electron chi connectivity index (χ0n) is 13.8. The molecular weight excluding hydrogens is 320 g/mol. The van der Waals surface area contributed by atoms with Crippen LogP contribution < -0.4 is 10.1 Å². The highest BCUT2D eigenvalue weighted by Gasteiger charge is 2.08. The quantitative estimate of drug-likeness (QED) is 0.709. The first-order valence-corrected chi connectivity index (χ1v) is 8.38. The normalized spacial score (nSPS) is 11.1. The number of benzene rings is 2. The summed E-state index contributed by atoms with van der Waals surface area (Å²) < 4.78 is 6.25. The summed E-state index contributed by atoms with van der Waals surface area (Å²) in [6, 6.07) is 11.7. The number of thiazole rings is 1. The lowest BCUT2D eigenvalue weighted by Crippen LogP contribution is -2.07. The first kappa shape index (κ1) is 16.2. The number of rotatable bonds is 4. The van der Waals surface area contributed by atoms with E-state index in [1.165, 1.54) is 23.0 Å². The van der Waals surface area contributed by atoms with E-state index in [0.29, 0.717) is 5.13 Å². The number of nitrogens with one attached hydrogen (secondary N) is 1. The van der Waals surface area contributed by atoms with Crippen molar-refractivity contribution in [2.75, 3.05) is 12.4 Å². The molecular formula is C19H18N2O2S. The highest BCUT2D eigenvalue weighted by atomic mass is 32.1. The van der Waals surface area contributed by atoms with Crippen LogP contribution in [-0.2, 0) is 4.79 Å². The standard InChI is InChI=1S/C19H18N2O2S/c1-12-9-13(2)18-16(10-12)24-19(21-18)20-17(22)8-7-14-5-4-6-15(11-14)23-3/h4-11H,1-3H3,(H,20,21,22)/b8-7+. The molecule has 2 aromatic carbocycles. The van der Waals surface area contributed by atoms with E-state index >= 15 is 0 Å². The topological polar surface area (TPSA) is 51.2 Å². The number of methoxy groups -OCH3 is 1. The smallest absolute Gasteiger partial charge is 0.250 e. The molecule has 0 radical (unpaired) electrons. The second-order valence-electron chi connectivity index (χ2n) is 5.55. The summed E-state index contributed by atoms with van der Waals surface area (Å²) in [4.78, 5) is 16.6. The molecule has 0 spiro atoms. The van der Waals surface area contributed by atoms with Gasteiger partial charge in [-0.05, 0) is 54.8 Å². The first-order valence-electron chi connectivity index (χ1n) is 7.56. The number of ether oxygens (including phenoxy) is 1. The number of carbonyl (C=O) groups is 1. The highest BCUT2D eigenvalue weighted by molar-refractivity contribution is 7.22. The van der Waals surface area contributed by atoms with Gasteiger partial charge in [-0.15, -0.1) is 0 Å². The molecule has 4 nitrogen and oxygen atoms in total. The summed E-state index contributed by atoms with van der Waals surface area (Å²) in [6.45, 7) is 4.09. The summed E-state index contributed by atoms with van der Waals surface area (Å²) in [5.74, 6) is 0.556. The first-order chi connectivity index (χ1) is 11.5. The molecule has 0 unspecified atom stereocenters. The second kappa shape index (κ2) is 6.84. The predicted molar refractivity (Wildman–Crippen MR) is 99.8 cm³/mol. The van der Waals surface area contributed by atoms with E-state index in [2.05, 4.69) is 29.4 Å². The van der Waals surface area contributed by atoms with Crippen molar-refractivity contribution in [1.82, 2.24) is 4.98 Å². The van der Waals surface area contributed by atoms with Gasteiger partial charge in [0, 0.05) is 6.08 Å². The molecule has 1 amide bonds. The highest BCUT2D eigenvalue weighted by Crippen LogP contribution is 2.29. The molecule has 1 aromatic heterocycles. The zero-order chi connectivity index (χ0) is 17.1. The number of fused-ring (bicyclic) bond motifs is 1. The van der Waals surface area contributed by atoms with E-state index in [4.69, 9.17) is 4.74 Å². The van der Waals surface area contributed by atoms with Crippen LogP contribution in [0.1, 0.15) is 16.7 Å². The van der Waals surface area contributed by atoms with Crippen LogP contribution in [0.3, 0.4) is 0 Å². The second-order valence-corrected chi connectivity index (χ2v) is 6.58. The molecule has 0 saturated heterocycles. The van der Waals surface area contributed by atoms with Crippen molar-refractivity contribution in [1.29, 1.82) is 0 Å². The molecule has 0 aliphatic heterocycles. The van der Waals surface area contributed by atoms with E-state index in [1.807, 2.05) is 31.2 Å². The fraction of sp³-hybridized carbons (Fsp3) is 0.158. The van der Waals surface area contributed by atoms with Crippen LogP contribution in [0.15, 0.2) is 42.5 Å². The molecule has 0 fully saturated rings. The van der Waals surface area contributed by atoms with Gasteiger partial charge in [-0.2, -0.15) is 0 Å². The van der Waals surface area contributed by atoms with E-state index < -0.39 is 0 Å². The summed E-state index contributed by atoms with van der Waals surface area (Å²) >= 11 is 1.48. The summed E-state index contributed by atoms with van der Waals surface area (Å²) in [7, 11) is 1.62. The zero-order valence-corrected chi connectivity index (χ0v) is 14.6. The van der Waals surface area contributed by atoms with Gasteiger partial charge < -0.3 is 4.74 Å². The summed E-state index contributed by atoms with van der Waals surface area (Å²) in [5.41, 5.74) is 4.16. The van der Waals surface area contributed by atoms with E-state index in [1.54, 1.807) is 13.2 Å². The molecule has 0 atom stereocenters. The van der Waals surface area contributed by atoms with E-state index in [9.17, 15) is 4.79 Å². The minimum absolute atomic E-state index is 0.203. The molecule has 3 aromatic rings. The molecule has 24 heavy (non-hydrogen) atoms. The number of hydrogen-bond donors (Lipinski definition) is 1. The van der Waals surface area contributed by atoms with Gasteiger partial charge >= 0.3 is 0 Å². The van der Waals surface area contributed by atoms with Crippen molar-refractivity contribution in [2.24, 2.45) is 0 Å². The molecule has 122 valence electrons. The lowest BCUT2D eigenvalue weighted by molar-refractivity contribution is -0.111. The number of aromatic nitrogens is 1. The van der Waals surface area contributed by atoms with Gasteiger partial charge in [0.1, 0.15) is 5.75 Å². The molecule has 0 bridgehead atoms. The van der Waals surface area contributed by atoms with Crippen LogP contribution in [0.25, 0.3) is 16.3 Å². The average Bonchev–Trinajstić information content (AvgIpc) is 2.95. The van der Waals surface area contributed by atoms with Gasteiger partial charge in [-0.1, -0.05) is 29.5 Å². The maximum Gasteiger partial charge on any atom is 0.250 e. The third-order valence-corrected chi connectivity index (χ3v) is 4.50. The molecule has 1 heterocycles. The van der Waals surface area contributed by atoms with Crippen molar-refractivity contribution < 1.29 is 9.53 Å². The third-order valence-electron chi connectivity index (χ3n) is 3.58. The fourth-order valence-corrected chi connectivity index (χ4v) is 3.53. The molecule has 0 aliphatic rings. The summed E-state index contributed by atoms with van der Waals surface area (Å²) in [6.07, 6.45) is 3.25. The molecule has 1 N–H and O–H groups in total. The predicted octanol–water partition coefficient (Wildman–Crippen LogP) is 4.57. The monoisotopic (exact) mass is 338 g/mol. The van der Waals surface area contributed by atoms with Crippen LogP contribution in [0, 0.1) is 13.8 Å². The molecule has 0 saturated carbocycles. The third kappa shape index (κ3) is 3.63. The lowest BCUT2D eigenvalue weighted by Gasteiger charge is -2.00. The van der Waals surface area contributed by atoms with Crippen molar-refractivity contribution in [3.8, 4) is 5.75 Å². The van der Waals surface area contributed by atoms with Gasteiger partial charge in [0.05, 0.1) is 17.3 Å². The van der Waals surface area contributed by atoms with Gasteiger partial charge in [-0.25, -0.2) is 4.98 Å². The van der Waals surface area contributed by atoms with Crippen LogP contribution in [0.2, 0.25) is 0 Å². The van der Waals surface area contributed by atoms with Crippen molar-refractivity contribution in [3.63, 3.8) is 0 Å². The molecule has 3 rings (SSSR count). The molecule has 5 heteroatoms. The fourth-order valence-electron chi connectivity index (χ4n) is 2.49. The van der Waals surface area contributed by atoms with Crippen LogP contribution >= 0.6 is 11.3 Å². The minimum atomic E-state index is -0.203. The average molecular weight is 338 g/mol. The number of amides is 1. The maximum atomic E-state index is 12.1. The largest absolute Gasteiger partial charge is 0.497 e. The Kier molecular flexibility index (Phi) is 4.62. The Morgan fingerprint density at radius 1 is 1.25 bits per heavy atom. The van der Waals surface area contributed by atoms with Crippen molar-refractivity contribution in [3.05, 3.63) is 59.2 Å². The minimum Gasteiger partial charge on any atom is -0.497 e. The number of carbonyl (C=O) groups excluding carboxylic acids is 1. The van der Waals surface area contributed by atoms with Gasteiger partial charge in [0.2, 0.25) is 5.91 Å². The Labute approximate surface area is 144 Å². The van der Waals surface area contributed by atoms with Gasteiger partial charge in [-0.3, -0.25) is 10.1 Å². The van der Waals surface area contributed by atoms with Crippen LogP contribution in [0.4, 0.5) is 5.13 Å². The Morgan fingerprint density at radius 3 is 2.88 bits per heavy atom. The Balaban J connectivity index is 1.74. The van der Waals surface area contributed by atoms with Crippen LogP contribution in [0.5, 0.6) is 5.75 Å². The Bertz CT molecular complexity index is 928. The van der Waals surface area contributed by atoms with Crippen molar-refractivity contribution in [2.45, 2.75) is 13.8 Å². The lowest BCUT2D eigenvalue weighted by atomic mass is 10.1. The van der Waals surface area contributed by atoms with E-state index in [-0.39, 0.29) is 5.91 Å². The molecule has 0 aliphatic carbocycles. The van der Waals surface area contributed by atoms with Crippen LogP contribution in [-0.4, -0.2) is 18.0 Å². The van der Waals surface area contributed by atoms with Gasteiger partial charge in [0.15, 0.2) is 5.13 Å². The number of aryl methyl sites for hydroxylation is 2.